The van der Waals surface area contributed by atoms with Crippen LogP contribution in [-0.2, 0) is 9.84 Å². The Labute approximate surface area is 90.6 Å². The van der Waals surface area contributed by atoms with Crippen molar-refractivity contribution < 1.29 is 18.6 Å². The van der Waals surface area contributed by atoms with Gasteiger partial charge in [-0.1, -0.05) is 6.92 Å². The highest BCUT2D eigenvalue weighted by molar-refractivity contribution is 7.91. The fourth-order valence-corrected chi connectivity index (χ4v) is 3.09. The molecule has 0 atom stereocenters. The molecule has 0 radical (unpaired) electrons. The molecule has 0 amide bonds. The quantitative estimate of drug-likeness (QED) is 0.645. The zero-order chi connectivity index (χ0) is 11.5. The van der Waals surface area contributed by atoms with Crippen LogP contribution in [-0.4, -0.2) is 66.9 Å². The van der Waals surface area contributed by atoms with Crippen molar-refractivity contribution in [3.63, 3.8) is 0 Å². The highest BCUT2D eigenvalue weighted by atomic mass is 32.2. The monoisotopic (exact) mass is 237 g/mol. The van der Waals surface area contributed by atoms with Gasteiger partial charge in [0, 0.05) is 13.1 Å². The zero-order valence-electron chi connectivity index (χ0n) is 9.02. The Balaban J connectivity index is 2.72. The van der Waals surface area contributed by atoms with Gasteiger partial charge < -0.3 is 10.2 Å². The lowest BCUT2D eigenvalue weighted by Crippen LogP contribution is -2.58. The predicted octanol–water partition coefficient (Wildman–Crippen LogP) is -1.15. The summed E-state index contributed by atoms with van der Waals surface area (Å²) in [7, 11) is -2.91. The van der Waals surface area contributed by atoms with Crippen LogP contribution < -0.4 is 0 Å². The van der Waals surface area contributed by atoms with E-state index < -0.39 is 15.4 Å². The van der Waals surface area contributed by atoms with E-state index in [9.17, 15) is 18.6 Å². The number of rotatable bonds is 4. The standard InChI is InChI=1S/C9H19NO4S/c1-2-9(7-11,8-12)10-3-5-15(13,14)6-4-10/h11-12H,2-8H2,1H3. The molecule has 1 saturated heterocycles. The van der Waals surface area contributed by atoms with Crippen molar-refractivity contribution in [3.8, 4) is 0 Å². The second-order valence-corrected chi connectivity index (χ2v) is 6.34. The Morgan fingerprint density at radius 2 is 1.67 bits per heavy atom. The van der Waals surface area contributed by atoms with Crippen LogP contribution in [0, 0.1) is 0 Å². The van der Waals surface area contributed by atoms with Gasteiger partial charge in [-0.3, -0.25) is 4.90 Å². The molecule has 0 bridgehead atoms. The fourth-order valence-electron chi connectivity index (χ4n) is 1.88. The average molecular weight is 237 g/mol. The molecule has 0 saturated carbocycles. The molecule has 15 heavy (non-hydrogen) atoms. The summed E-state index contributed by atoms with van der Waals surface area (Å²) >= 11 is 0. The fraction of sp³-hybridized carbons (Fsp3) is 1.00. The van der Waals surface area contributed by atoms with Crippen molar-refractivity contribution >= 4 is 9.84 Å². The highest BCUT2D eigenvalue weighted by Gasteiger charge is 2.37. The number of sulfone groups is 1. The average Bonchev–Trinajstić information content (AvgIpc) is 2.23. The van der Waals surface area contributed by atoms with Crippen LogP contribution >= 0.6 is 0 Å². The number of nitrogens with zero attached hydrogens (tertiary/aromatic N) is 1. The van der Waals surface area contributed by atoms with E-state index in [2.05, 4.69) is 0 Å². The van der Waals surface area contributed by atoms with Gasteiger partial charge in [-0.15, -0.1) is 0 Å². The van der Waals surface area contributed by atoms with Gasteiger partial charge in [-0.2, -0.15) is 0 Å². The smallest absolute Gasteiger partial charge is 0.152 e. The van der Waals surface area contributed by atoms with Gasteiger partial charge in [0.05, 0.1) is 30.3 Å². The van der Waals surface area contributed by atoms with Crippen LogP contribution in [0.5, 0.6) is 0 Å². The summed E-state index contributed by atoms with van der Waals surface area (Å²) in [4.78, 5) is 1.88. The third-order valence-corrected chi connectivity index (χ3v) is 4.87. The van der Waals surface area contributed by atoms with E-state index in [1.807, 2.05) is 11.8 Å². The second kappa shape index (κ2) is 4.78. The van der Waals surface area contributed by atoms with Crippen molar-refractivity contribution in [1.82, 2.24) is 4.90 Å². The van der Waals surface area contributed by atoms with Crippen LogP contribution in [0.1, 0.15) is 13.3 Å². The number of hydrogen-bond acceptors (Lipinski definition) is 5. The first-order valence-electron chi connectivity index (χ1n) is 5.17. The van der Waals surface area contributed by atoms with E-state index in [-0.39, 0.29) is 24.7 Å². The molecule has 0 spiro atoms. The topological polar surface area (TPSA) is 77.8 Å². The van der Waals surface area contributed by atoms with Crippen LogP contribution in [0.3, 0.4) is 0 Å². The van der Waals surface area contributed by atoms with E-state index in [4.69, 9.17) is 0 Å². The molecule has 2 N–H and O–H groups in total. The first kappa shape index (κ1) is 12.9. The summed E-state index contributed by atoms with van der Waals surface area (Å²) in [5, 5.41) is 18.6. The third-order valence-electron chi connectivity index (χ3n) is 3.26. The Bertz CT molecular complexity index is 275. The summed E-state index contributed by atoms with van der Waals surface area (Å²) in [6.45, 7) is 2.41. The summed E-state index contributed by atoms with van der Waals surface area (Å²) in [6, 6.07) is 0. The number of hydrogen-bond donors (Lipinski definition) is 2. The number of aliphatic hydroxyl groups excluding tert-OH is 2. The van der Waals surface area contributed by atoms with E-state index >= 15 is 0 Å². The lowest BCUT2D eigenvalue weighted by atomic mass is 9.96. The lowest BCUT2D eigenvalue weighted by molar-refractivity contribution is -0.0115. The van der Waals surface area contributed by atoms with Gasteiger partial charge in [0.15, 0.2) is 9.84 Å². The molecule has 1 aliphatic heterocycles. The van der Waals surface area contributed by atoms with Crippen molar-refractivity contribution in [3.05, 3.63) is 0 Å². The molecule has 0 unspecified atom stereocenters. The molecular weight excluding hydrogens is 218 g/mol. The molecule has 1 aliphatic rings. The van der Waals surface area contributed by atoms with Gasteiger partial charge in [-0.05, 0) is 6.42 Å². The largest absolute Gasteiger partial charge is 0.394 e. The second-order valence-electron chi connectivity index (χ2n) is 4.03. The predicted molar refractivity (Wildman–Crippen MR) is 57.4 cm³/mol. The highest BCUT2D eigenvalue weighted by Crippen LogP contribution is 2.21. The molecule has 1 rings (SSSR count). The third kappa shape index (κ3) is 2.69. The van der Waals surface area contributed by atoms with Gasteiger partial charge in [-0.25, -0.2) is 8.42 Å². The molecule has 90 valence electrons. The minimum atomic E-state index is -2.91. The maximum atomic E-state index is 11.2. The molecule has 0 aliphatic carbocycles. The Hall–Kier alpha value is -0.170. The summed E-state index contributed by atoms with van der Waals surface area (Å²) in [5.74, 6) is 0.240. The van der Waals surface area contributed by atoms with Gasteiger partial charge >= 0.3 is 0 Å². The van der Waals surface area contributed by atoms with Crippen LogP contribution in [0.4, 0.5) is 0 Å². The molecule has 1 heterocycles. The van der Waals surface area contributed by atoms with Crippen molar-refractivity contribution in [2.24, 2.45) is 0 Å². The van der Waals surface area contributed by atoms with E-state index in [0.29, 0.717) is 19.5 Å². The Morgan fingerprint density at radius 3 is 2.00 bits per heavy atom. The van der Waals surface area contributed by atoms with E-state index in [1.54, 1.807) is 0 Å². The van der Waals surface area contributed by atoms with E-state index in [1.165, 1.54) is 0 Å². The minimum Gasteiger partial charge on any atom is -0.394 e. The SMILES string of the molecule is CCC(CO)(CO)N1CCS(=O)(=O)CC1. The summed E-state index contributed by atoms with van der Waals surface area (Å²) < 4.78 is 22.5. The molecule has 0 aromatic carbocycles. The molecular formula is C9H19NO4S. The Morgan fingerprint density at radius 1 is 1.20 bits per heavy atom. The maximum absolute atomic E-state index is 11.2. The van der Waals surface area contributed by atoms with Crippen LogP contribution in [0.2, 0.25) is 0 Å². The number of aliphatic hydroxyl groups is 2. The summed E-state index contributed by atoms with van der Waals surface area (Å²) in [5.41, 5.74) is -0.657. The molecule has 0 aromatic rings. The normalized spacial score (nSPS) is 22.9. The summed E-state index contributed by atoms with van der Waals surface area (Å²) in [6.07, 6.45) is 0.611. The minimum absolute atomic E-state index is 0.120. The zero-order valence-corrected chi connectivity index (χ0v) is 9.83. The Kier molecular flexibility index (Phi) is 4.11. The molecule has 0 aromatic heterocycles. The van der Waals surface area contributed by atoms with Gasteiger partial charge in [0.2, 0.25) is 0 Å². The van der Waals surface area contributed by atoms with Crippen molar-refractivity contribution in [1.29, 1.82) is 0 Å². The first-order valence-corrected chi connectivity index (χ1v) is 6.99. The van der Waals surface area contributed by atoms with Gasteiger partial charge in [0.1, 0.15) is 0 Å². The maximum Gasteiger partial charge on any atom is 0.152 e. The van der Waals surface area contributed by atoms with E-state index in [0.717, 1.165) is 0 Å². The lowest BCUT2D eigenvalue weighted by Gasteiger charge is -2.42. The first-order chi connectivity index (χ1) is 6.99. The van der Waals surface area contributed by atoms with Crippen molar-refractivity contribution in [2.75, 3.05) is 37.8 Å². The molecule has 5 nitrogen and oxygen atoms in total. The van der Waals surface area contributed by atoms with Crippen molar-refractivity contribution in [2.45, 2.75) is 18.9 Å². The van der Waals surface area contributed by atoms with Crippen LogP contribution in [0.15, 0.2) is 0 Å². The van der Waals surface area contributed by atoms with Crippen LogP contribution in [0.25, 0.3) is 0 Å². The molecule has 6 heteroatoms. The van der Waals surface area contributed by atoms with Gasteiger partial charge in [0.25, 0.3) is 0 Å². The molecule has 1 fully saturated rings.